The number of carbonyl (C=O) groups excluding carboxylic acids is 1. The van der Waals surface area contributed by atoms with Gasteiger partial charge in [-0.25, -0.2) is 13.1 Å². The molecule has 6 heteroatoms. The average molecular weight is 387 g/mol. The molecule has 1 aliphatic heterocycles. The molecule has 0 aliphatic carbocycles. The van der Waals surface area contributed by atoms with Crippen molar-refractivity contribution in [1.29, 1.82) is 0 Å². The number of likely N-dealkylation sites (tertiary alicyclic amines) is 1. The summed E-state index contributed by atoms with van der Waals surface area (Å²) in [5.41, 5.74) is 2.38. The Morgan fingerprint density at radius 2 is 1.81 bits per heavy atom. The van der Waals surface area contributed by atoms with E-state index in [2.05, 4.69) is 11.6 Å². The maximum atomic E-state index is 12.7. The maximum absolute atomic E-state index is 12.7. The topological polar surface area (TPSA) is 66.5 Å². The van der Waals surface area contributed by atoms with Crippen molar-refractivity contribution in [3.05, 3.63) is 65.2 Å². The quantitative estimate of drug-likeness (QED) is 0.857. The summed E-state index contributed by atoms with van der Waals surface area (Å²) in [7, 11) is -3.69. The Morgan fingerprint density at radius 3 is 2.52 bits per heavy atom. The predicted molar refractivity (Wildman–Crippen MR) is 106 cm³/mol. The highest BCUT2D eigenvalue weighted by Crippen LogP contribution is 2.20. The molecule has 0 bridgehead atoms. The molecule has 0 atom stereocenters. The van der Waals surface area contributed by atoms with E-state index in [0.29, 0.717) is 11.5 Å². The molecule has 1 amide bonds. The van der Waals surface area contributed by atoms with Gasteiger partial charge in [-0.15, -0.1) is 0 Å². The van der Waals surface area contributed by atoms with E-state index in [-0.39, 0.29) is 17.3 Å². The molecule has 0 radical (unpaired) electrons. The van der Waals surface area contributed by atoms with Gasteiger partial charge in [0.25, 0.3) is 5.91 Å². The minimum absolute atomic E-state index is 0.0992. The Labute approximate surface area is 161 Å². The van der Waals surface area contributed by atoms with Gasteiger partial charge < -0.3 is 4.90 Å². The third kappa shape index (κ3) is 4.76. The smallest absolute Gasteiger partial charge is 0.253 e. The molecule has 0 aromatic heterocycles. The van der Waals surface area contributed by atoms with Gasteiger partial charge in [-0.05, 0) is 55.0 Å². The van der Waals surface area contributed by atoms with Crippen LogP contribution in [-0.4, -0.2) is 32.3 Å². The fraction of sp³-hybridized carbons (Fsp3) is 0.381. The zero-order valence-corrected chi connectivity index (χ0v) is 16.6. The molecule has 1 N–H and O–H groups in total. The zero-order chi connectivity index (χ0) is 19.4. The summed E-state index contributed by atoms with van der Waals surface area (Å²) in [6.45, 7) is 5.81. The van der Waals surface area contributed by atoms with Crippen molar-refractivity contribution in [1.82, 2.24) is 9.62 Å². The molecule has 3 rings (SSSR count). The fourth-order valence-corrected chi connectivity index (χ4v) is 4.31. The SMILES string of the molecule is Cc1ccccc1CNS(=O)(=O)c1cccc(C(=O)N2CCC(C)CC2)c1. The second-order valence-corrected chi connectivity index (χ2v) is 9.02. The van der Waals surface area contributed by atoms with Crippen LogP contribution in [0.25, 0.3) is 0 Å². The summed E-state index contributed by atoms with van der Waals surface area (Å²) in [6.07, 6.45) is 1.98. The highest BCUT2D eigenvalue weighted by Gasteiger charge is 2.23. The van der Waals surface area contributed by atoms with Crippen LogP contribution >= 0.6 is 0 Å². The van der Waals surface area contributed by atoms with Gasteiger partial charge in [0.15, 0.2) is 0 Å². The van der Waals surface area contributed by atoms with Crippen LogP contribution in [0.3, 0.4) is 0 Å². The van der Waals surface area contributed by atoms with E-state index >= 15 is 0 Å². The van der Waals surface area contributed by atoms with Crippen LogP contribution in [0.4, 0.5) is 0 Å². The Kier molecular flexibility index (Phi) is 5.97. The fourth-order valence-electron chi connectivity index (χ4n) is 3.26. The van der Waals surface area contributed by atoms with Crippen molar-refractivity contribution in [3.8, 4) is 0 Å². The number of aryl methyl sites for hydroxylation is 1. The number of nitrogens with one attached hydrogen (secondary N) is 1. The van der Waals surface area contributed by atoms with Gasteiger partial charge in [0.1, 0.15) is 0 Å². The first kappa shape index (κ1) is 19.6. The molecule has 27 heavy (non-hydrogen) atoms. The first-order valence-corrected chi connectivity index (χ1v) is 10.8. The number of rotatable bonds is 5. The van der Waals surface area contributed by atoms with E-state index in [1.54, 1.807) is 12.1 Å². The Hall–Kier alpha value is -2.18. The third-order valence-corrected chi connectivity index (χ3v) is 6.57. The van der Waals surface area contributed by atoms with E-state index in [9.17, 15) is 13.2 Å². The molecule has 5 nitrogen and oxygen atoms in total. The molecule has 0 saturated carbocycles. The Morgan fingerprint density at radius 1 is 1.11 bits per heavy atom. The molecule has 2 aromatic rings. The van der Waals surface area contributed by atoms with Crippen molar-refractivity contribution in [2.24, 2.45) is 5.92 Å². The lowest BCUT2D eigenvalue weighted by Crippen LogP contribution is -2.38. The standard InChI is InChI=1S/C21H26N2O3S/c1-16-10-12-23(13-11-16)21(24)18-8-5-9-20(14-18)27(25,26)22-15-19-7-4-3-6-17(19)2/h3-9,14,16,22H,10-13,15H2,1-2H3. The molecule has 1 fully saturated rings. The number of carbonyl (C=O) groups is 1. The van der Waals surface area contributed by atoms with Gasteiger partial charge >= 0.3 is 0 Å². The summed E-state index contributed by atoms with van der Waals surface area (Å²) >= 11 is 0. The first-order chi connectivity index (χ1) is 12.9. The van der Waals surface area contributed by atoms with Crippen molar-refractivity contribution >= 4 is 15.9 Å². The Balaban J connectivity index is 1.74. The molecule has 0 unspecified atom stereocenters. The van der Waals surface area contributed by atoms with E-state index in [1.807, 2.05) is 36.1 Å². The van der Waals surface area contributed by atoms with Gasteiger partial charge in [0, 0.05) is 25.2 Å². The van der Waals surface area contributed by atoms with Gasteiger partial charge in [0.2, 0.25) is 10.0 Å². The number of hydrogen-bond acceptors (Lipinski definition) is 3. The highest BCUT2D eigenvalue weighted by atomic mass is 32.2. The number of piperidine rings is 1. The predicted octanol–water partition coefficient (Wildman–Crippen LogP) is 3.35. The van der Waals surface area contributed by atoms with Gasteiger partial charge in [-0.3, -0.25) is 4.79 Å². The summed E-state index contributed by atoms with van der Waals surface area (Å²) < 4.78 is 28.0. The molecular weight excluding hydrogens is 360 g/mol. The molecule has 2 aromatic carbocycles. The lowest BCUT2D eigenvalue weighted by atomic mass is 9.98. The summed E-state index contributed by atoms with van der Waals surface area (Å²) in [4.78, 5) is 14.7. The second-order valence-electron chi connectivity index (χ2n) is 7.25. The van der Waals surface area contributed by atoms with E-state index in [4.69, 9.17) is 0 Å². The largest absolute Gasteiger partial charge is 0.339 e. The van der Waals surface area contributed by atoms with Crippen LogP contribution in [0.2, 0.25) is 0 Å². The van der Waals surface area contributed by atoms with Gasteiger partial charge in [-0.1, -0.05) is 37.3 Å². The lowest BCUT2D eigenvalue weighted by Gasteiger charge is -2.30. The zero-order valence-electron chi connectivity index (χ0n) is 15.8. The first-order valence-electron chi connectivity index (χ1n) is 9.30. The van der Waals surface area contributed by atoms with Crippen molar-refractivity contribution in [3.63, 3.8) is 0 Å². The van der Waals surface area contributed by atoms with Crippen molar-refractivity contribution in [2.45, 2.75) is 38.1 Å². The van der Waals surface area contributed by atoms with Crippen LogP contribution in [-0.2, 0) is 16.6 Å². The van der Waals surface area contributed by atoms with Crippen LogP contribution < -0.4 is 4.72 Å². The monoisotopic (exact) mass is 386 g/mol. The van der Waals surface area contributed by atoms with Crippen LogP contribution in [0.1, 0.15) is 41.3 Å². The summed E-state index contributed by atoms with van der Waals surface area (Å²) in [5, 5.41) is 0. The minimum Gasteiger partial charge on any atom is -0.339 e. The van der Waals surface area contributed by atoms with E-state index in [0.717, 1.165) is 37.1 Å². The molecule has 1 heterocycles. The third-order valence-electron chi connectivity index (χ3n) is 5.18. The number of benzene rings is 2. The van der Waals surface area contributed by atoms with Gasteiger partial charge in [0.05, 0.1) is 4.90 Å². The number of sulfonamides is 1. The summed E-state index contributed by atoms with van der Waals surface area (Å²) in [5.74, 6) is 0.532. The maximum Gasteiger partial charge on any atom is 0.253 e. The normalized spacial score (nSPS) is 15.7. The van der Waals surface area contributed by atoms with Gasteiger partial charge in [-0.2, -0.15) is 0 Å². The van der Waals surface area contributed by atoms with E-state index < -0.39 is 10.0 Å². The van der Waals surface area contributed by atoms with E-state index in [1.165, 1.54) is 12.1 Å². The molecule has 0 spiro atoms. The van der Waals surface area contributed by atoms with Crippen LogP contribution in [0.15, 0.2) is 53.4 Å². The average Bonchev–Trinajstić information content (AvgIpc) is 2.67. The Bertz CT molecular complexity index is 917. The molecular formula is C21H26N2O3S. The molecule has 1 saturated heterocycles. The highest BCUT2D eigenvalue weighted by molar-refractivity contribution is 7.89. The molecule has 144 valence electrons. The number of hydrogen-bond donors (Lipinski definition) is 1. The summed E-state index contributed by atoms with van der Waals surface area (Å²) in [6, 6.07) is 14.0. The van der Waals surface area contributed by atoms with Crippen LogP contribution in [0.5, 0.6) is 0 Å². The number of nitrogens with zero attached hydrogens (tertiary/aromatic N) is 1. The molecule has 1 aliphatic rings. The van der Waals surface area contributed by atoms with Crippen molar-refractivity contribution in [2.75, 3.05) is 13.1 Å². The number of amides is 1. The lowest BCUT2D eigenvalue weighted by molar-refractivity contribution is 0.0697. The van der Waals surface area contributed by atoms with Crippen LogP contribution in [0, 0.1) is 12.8 Å². The minimum atomic E-state index is -3.69. The van der Waals surface area contributed by atoms with Crippen molar-refractivity contribution < 1.29 is 13.2 Å². The second kappa shape index (κ2) is 8.23.